The zero-order valence-electron chi connectivity index (χ0n) is 19.2. The molecule has 6 nitrogen and oxygen atoms in total. The molecule has 0 saturated carbocycles. The molecule has 3 aromatic rings. The van der Waals surface area contributed by atoms with Gasteiger partial charge in [-0.3, -0.25) is 9.69 Å². The topological polar surface area (TPSA) is 59.1 Å². The van der Waals surface area contributed by atoms with E-state index in [-0.39, 0.29) is 12.5 Å². The average molecular weight is 447 g/mol. The summed E-state index contributed by atoms with van der Waals surface area (Å²) in [5.41, 5.74) is 1.49. The van der Waals surface area contributed by atoms with E-state index in [0.717, 1.165) is 24.0 Å². The Morgan fingerprint density at radius 3 is 2.30 bits per heavy atom. The molecule has 0 unspecified atom stereocenters. The van der Waals surface area contributed by atoms with Crippen LogP contribution in [0.3, 0.4) is 0 Å². The van der Waals surface area contributed by atoms with Crippen molar-refractivity contribution in [3.05, 3.63) is 77.9 Å². The summed E-state index contributed by atoms with van der Waals surface area (Å²) in [6, 6.07) is 21.6. The number of hydrogen-bond donors (Lipinski definition) is 0. The van der Waals surface area contributed by atoms with E-state index in [0.29, 0.717) is 37.1 Å². The Labute approximate surface area is 194 Å². The minimum atomic E-state index is -0.509. The highest BCUT2D eigenvalue weighted by Gasteiger charge is 2.23. The molecule has 3 aromatic carbocycles. The van der Waals surface area contributed by atoms with Crippen molar-refractivity contribution in [2.24, 2.45) is 0 Å². The third-order valence-corrected chi connectivity index (χ3v) is 6.09. The summed E-state index contributed by atoms with van der Waals surface area (Å²) in [6.45, 7) is 7.52. The van der Waals surface area contributed by atoms with Gasteiger partial charge in [0.15, 0.2) is 6.61 Å². The normalized spacial score (nSPS) is 14.5. The Kier molecular flexibility index (Phi) is 7.25. The number of carbonyl (C=O) groups is 2. The standard InChI is InChI=1S/C27H30N2O4/c1-20(2)28-14-16-29(17-15-28)26(30)19-33-27(31)22-10-12-24(13-11-22)32-18-23-8-5-7-21-6-3-4-9-25(21)23/h3-13,20H,14-19H2,1-2H3. The van der Waals surface area contributed by atoms with Gasteiger partial charge >= 0.3 is 5.97 Å². The number of ether oxygens (including phenoxy) is 2. The maximum Gasteiger partial charge on any atom is 0.338 e. The molecule has 0 aromatic heterocycles. The van der Waals surface area contributed by atoms with Crippen LogP contribution in [0.5, 0.6) is 5.75 Å². The summed E-state index contributed by atoms with van der Waals surface area (Å²) in [5.74, 6) is 0.00477. The Morgan fingerprint density at radius 2 is 1.58 bits per heavy atom. The molecular formula is C27H30N2O4. The number of carbonyl (C=O) groups excluding carboxylic acids is 2. The largest absolute Gasteiger partial charge is 0.489 e. The van der Waals surface area contributed by atoms with Gasteiger partial charge in [-0.15, -0.1) is 0 Å². The number of nitrogens with zero attached hydrogens (tertiary/aromatic N) is 2. The summed E-state index contributed by atoms with van der Waals surface area (Å²) >= 11 is 0. The highest BCUT2D eigenvalue weighted by molar-refractivity contribution is 5.91. The van der Waals surface area contributed by atoms with Gasteiger partial charge in [-0.25, -0.2) is 4.79 Å². The Balaban J connectivity index is 1.26. The minimum absolute atomic E-state index is 0.151. The van der Waals surface area contributed by atoms with Crippen LogP contribution in [0.25, 0.3) is 10.8 Å². The van der Waals surface area contributed by atoms with Crippen LogP contribution in [0.2, 0.25) is 0 Å². The molecule has 0 atom stereocenters. The third kappa shape index (κ3) is 5.71. The van der Waals surface area contributed by atoms with Crippen molar-refractivity contribution in [1.29, 1.82) is 0 Å². The zero-order chi connectivity index (χ0) is 23.2. The van der Waals surface area contributed by atoms with E-state index in [2.05, 4.69) is 36.9 Å². The van der Waals surface area contributed by atoms with Crippen LogP contribution in [0.4, 0.5) is 0 Å². The summed E-state index contributed by atoms with van der Waals surface area (Å²) < 4.78 is 11.2. The lowest BCUT2D eigenvalue weighted by Crippen LogP contribution is -2.51. The fraction of sp³-hybridized carbons (Fsp3) is 0.333. The second-order valence-corrected chi connectivity index (χ2v) is 8.54. The molecule has 172 valence electrons. The lowest BCUT2D eigenvalue weighted by atomic mass is 10.1. The van der Waals surface area contributed by atoms with E-state index in [1.165, 1.54) is 5.39 Å². The molecule has 1 heterocycles. The maximum atomic E-state index is 12.4. The van der Waals surface area contributed by atoms with E-state index < -0.39 is 5.97 Å². The molecule has 0 bridgehead atoms. The predicted octanol–water partition coefficient (Wildman–Crippen LogP) is 4.13. The first-order valence-electron chi connectivity index (χ1n) is 11.4. The van der Waals surface area contributed by atoms with Crippen molar-refractivity contribution in [1.82, 2.24) is 9.80 Å². The number of benzene rings is 3. The highest BCUT2D eigenvalue weighted by atomic mass is 16.5. The quantitative estimate of drug-likeness (QED) is 0.511. The zero-order valence-corrected chi connectivity index (χ0v) is 19.2. The van der Waals surface area contributed by atoms with Crippen molar-refractivity contribution in [3.8, 4) is 5.75 Å². The molecule has 0 aliphatic carbocycles. The second kappa shape index (κ2) is 10.5. The molecule has 1 amide bonds. The molecule has 0 radical (unpaired) electrons. The molecule has 0 spiro atoms. The smallest absolute Gasteiger partial charge is 0.338 e. The number of hydrogen-bond acceptors (Lipinski definition) is 5. The van der Waals surface area contributed by atoms with E-state index in [1.54, 1.807) is 29.2 Å². The predicted molar refractivity (Wildman–Crippen MR) is 128 cm³/mol. The van der Waals surface area contributed by atoms with Gasteiger partial charge in [0.1, 0.15) is 12.4 Å². The van der Waals surface area contributed by atoms with Gasteiger partial charge in [0.05, 0.1) is 5.56 Å². The van der Waals surface area contributed by atoms with Gasteiger partial charge in [0, 0.05) is 32.2 Å². The maximum absolute atomic E-state index is 12.4. The summed E-state index contributed by atoms with van der Waals surface area (Å²) in [6.07, 6.45) is 0. The van der Waals surface area contributed by atoms with Crippen molar-refractivity contribution in [3.63, 3.8) is 0 Å². The van der Waals surface area contributed by atoms with Crippen LogP contribution in [-0.4, -0.2) is 60.5 Å². The summed E-state index contributed by atoms with van der Waals surface area (Å²) in [5, 5.41) is 2.34. The lowest BCUT2D eigenvalue weighted by molar-refractivity contribution is -0.136. The van der Waals surface area contributed by atoms with Crippen molar-refractivity contribution in [2.75, 3.05) is 32.8 Å². The number of rotatable bonds is 7. The molecule has 33 heavy (non-hydrogen) atoms. The molecule has 0 N–H and O–H groups in total. The average Bonchev–Trinajstić information content (AvgIpc) is 2.86. The van der Waals surface area contributed by atoms with Gasteiger partial charge in [-0.05, 0) is 54.4 Å². The van der Waals surface area contributed by atoms with E-state index in [4.69, 9.17) is 9.47 Å². The molecular weight excluding hydrogens is 416 g/mol. The van der Waals surface area contributed by atoms with Crippen molar-refractivity contribution < 1.29 is 19.1 Å². The molecule has 4 rings (SSSR count). The SMILES string of the molecule is CC(C)N1CCN(C(=O)COC(=O)c2ccc(OCc3cccc4ccccc34)cc2)CC1. The van der Waals surface area contributed by atoms with E-state index in [1.807, 2.05) is 24.3 Å². The van der Waals surface area contributed by atoms with Crippen molar-refractivity contribution in [2.45, 2.75) is 26.5 Å². The molecule has 1 aliphatic rings. The van der Waals surface area contributed by atoms with Crippen molar-refractivity contribution >= 4 is 22.6 Å². The Bertz CT molecular complexity index is 1100. The first-order chi connectivity index (χ1) is 16.0. The number of piperazine rings is 1. The van der Waals surface area contributed by atoms with E-state index >= 15 is 0 Å². The van der Waals surface area contributed by atoms with Gasteiger partial charge < -0.3 is 14.4 Å². The number of amides is 1. The van der Waals surface area contributed by atoms with Gasteiger partial charge in [0.25, 0.3) is 5.91 Å². The number of esters is 1. The van der Waals surface area contributed by atoms with Crippen LogP contribution < -0.4 is 4.74 Å². The van der Waals surface area contributed by atoms with Crippen LogP contribution in [0.15, 0.2) is 66.7 Å². The van der Waals surface area contributed by atoms with Crippen LogP contribution >= 0.6 is 0 Å². The monoisotopic (exact) mass is 446 g/mol. The Hall–Kier alpha value is -3.38. The second-order valence-electron chi connectivity index (χ2n) is 8.54. The van der Waals surface area contributed by atoms with Gasteiger partial charge in [-0.1, -0.05) is 42.5 Å². The molecule has 1 fully saturated rings. The molecule has 6 heteroatoms. The first kappa shape index (κ1) is 22.8. The van der Waals surface area contributed by atoms with E-state index in [9.17, 15) is 9.59 Å². The van der Waals surface area contributed by atoms with Crippen LogP contribution in [-0.2, 0) is 16.1 Å². The summed E-state index contributed by atoms with van der Waals surface area (Å²) in [4.78, 5) is 28.8. The Morgan fingerprint density at radius 1 is 0.879 bits per heavy atom. The first-order valence-corrected chi connectivity index (χ1v) is 11.4. The molecule has 1 aliphatic heterocycles. The van der Waals surface area contributed by atoms with Crippen LogP contribution in [0.1, 0.15) is 29.8 Å². The number of fused-ring (bicyclic) bond motifs is 1. The van der Waals surface area contributed by atoms with Crippen LogP contribution in [0, 0.1) is 0 Å². The third-order valence-electron chi connectivity index (χ3n) is 6.09. The summed E-state index contributed by atoms with van der Waals surface area (Å²) in [7, 11) is 0. The fourth-order valence-electron chi connectivity index (χ4n) is 4.06. The minimum Gasteiger partial charge on any atom is -0.489 e. The van der Waals surface area contributed by atoms with Gasteiger partial charge in [-0.2, -0.15) is 0 Å². The van der Waals surface area contributed by atoms with Gasteiger partial charge in [0.2, 0.25) is 0 Å². The molecule has 1 saturated heterocycles. The lowest BCUT2D eigenvalue weighted by Gasteiger charge is -2.36. The fourth-order valence-corrected chi connectivity index (χ4v) is 4.06. The highest BCUT2D eigenvalue weighted by Crippen LogP contribution is 2.21.